The number of hydrogen-bond donors (Lipinski definition) is 1. The first-order valence-electron chi connectivity index (χ1n) is 8.36. The predicted molar refractivity (Wildman–Crippen MR) is 101 cm³/mol. The fourth-order valence-corrected chi connectivity index (χ4v) is 3.44. The van der Waals surface area contributed by atoms with Gasteiger partial charge in [0.05, 0.1) is 11.4 Å². The monoisotopic (exact) mass is 350 g/mol. The van der Waals surface area contributed by atoms with Crippen molar-refractivity contribution in [2.45, 2.75) is 19.5 Å². The van der Waals surface area contributed by atoms with Crippen LogP contribution in [-0.2, 0) is 19.5 Å². The smallest absolute Gasteiger partial charge is 0.220 e. The molecule has 126 valence electrons. The molecule has 0 fully saturated rings. The van der Waals surface area contributed by atoms with E-state index in [0.717, 1.165) is 43.0 Å². The Hall–Kier alpha value is -2.43. The molecule has 0 aliphatic carbocycles. The molecule has 1 aliphatic rings. The number of fused-ring (bicyclic) bond motifs is 1. The summed E-state index contributed by atoms with van der Waals surface area (Å²) < 4.78 is 0. The van der Waals surface area contributed by atoms with Gasteiger partial charge in [-0.3, -0.25) is 4.90 Å². The van der Waals surface area contributed by atoms with E-state index in [1.54, 1.807) is 0 Å². The van der Waals surface area contributed by atoms with Crippen LogP contribution in [0.4, 0.5) is 5.95 Å². The number of hydrogen-bond acceptors (Lipinski definition) is 4. The van der Waals surface area contributed by atoms with Gasteiger partial charge in [0.25, 0.3) is 0 Å². The molecule has 0 atom stereocenters. The average Bonchev–Trinajstić information content (AvgIpc) is 2.63. The van der Waals surface area contributed by atoms with Gasteiger partial charge in [-0.25, -0.2) is 9.97 Å². The van der Waals surface area contributed by atoms with Crippen molar-refractivity contribution in [1.82, 2.24) is 14.9 Å². The number of nitrogen functional groups attached to an aromatic ring is 1. The quantitative estimate of drug-likeness (QED) is 0.777. The first kappa shape index (κ1) is 16.1. The molecular weight excluding hydrogens is 332 g/mol. The minimum atomic E-state index is 0.334. The third-order valence-electron chi connectivity index (χ3n) is 4.52. The van der Waals surface area contributed by atoms with E-state index in [1.165, 1.54) is 11.1 Å². The van der Waals surface area contributed by atoms with Crippen LogP contribution < -0.4 is 5.73 Å². The predicted octanol–water partition coefficient (Wildman–Crippen LogP) is 3.94. The summed E-state index contributed by atoms with van der Waals surface area (Å²) in [5.41, 5.74) is 11.4. The first-order chi connectivity index (χ1) is 12.2. The normalized spacial score (nSPS) is 14.3. The van der Waals surface area contributed by atoms with Crippen LogP contribution in [0.3, 0.4) is 0 Å². The molecule has 4 nitrogen and oxygen atoms in total. The van der Waals surface area contributed by atoms with Crippen molar-refractivity contribution in [1.29, 1.82) is 0 Å². The Morgan fingerprint density at radius 2 is 1.76 bits per heavy atom. The molecule has 0 bridgehead atoms. The molecule has 2 aromatic carbocycles. The van der Waals surface area contributed by atoms with Crippen LogP contribution in [0, 0.1) is 0 Å². The van der Waals surface area contributed by atoms with Crippen molar-refractivity contribution in [2.24, 2.45) is 0 Å². The van der Waals surface area contributed by atoms with Crippen LogP contribution in [0.1, 0.15) is 16.8 Å². The van der Waals surface area contributed by atoms with Gasteiger partial charge in [0.2, 0.25) is 5.95 Å². The number of nitrogens with two attached hydrogens (primary N) is 1. The van der Waals surface area contributed by atoms with E-state index in [-0.39, 0.29) is 0 Å². The highest BCUT2D eigenvalue weighted by molar-refractivity contribution is 6.30. The first-order valence-corrected chi connectivity index (χ1v) is 8.74. The zero-order valence-corrected chi connectivity index (χ0v) is 14.6. The summed E-state index contributed by atoms with van der Waals surface area (Å²) in [5, 5.41) is 0.713. The highest BCUT2D eigenvalue weighted by Gasteiger charge is 2.22. The van der Waals surface area contributed by atoms with Crippen molar-refractivity contribution in [3.63, 3.8) is 0 Å². The summed E-state index contributed by atoms with van der Waals surface area (Å²) in [7, 11) is 0. The summed E-state index contributed by atoms with van der Waals surface area (Å²) >= 11 is 6.02. The average molecular weight is 351 g/mol. The molecule has 2 N–H and O–H groups in total. The van der Waals surface area contributed by atoms with Crippen molar-refractivity contribution in [3.05, 3.63) is 76.4 Å². The summed E-state index contributed by atoms with van der Waals surface area (Å²) in [5.74, 6) is 0.334. The molecule has 1 aliphatic heterocycles. The molecule has 0 amide bonds. The number of rotatable bonds is 3. The van der Waals surface area contributed by atoms with Crippen LogP contribution >= 0.6 is 11.6 Å². The lowest BCUT2D eigenvalue weighted by atomic mass is 9.99. The number of aromatic nitrogens is 2. The second-order valence-corrected chi connectivity index (χ2v) is 6.75. The van der Waals surface area contributed by atoms with Gasteiger partial charge in [0.1, 0.15) is 0 Å². The van der Waals surface area contributed by atoms with Gasteiger partial charge in [-0.1, -0.05) is 54.1 Å². The van der Waals surface area contributed by atoms with Gasteiger partial charge in [0, 0.05) is 42.2 Å². The van der Waals surface area contributed by atoms with E-state index in [2.05, 4.69) is 39.1 Å². The summed E-state index contributed by atoms with van der Waals surface area (Å²) in [6.45, 7) is 2.71. The Balaban J connectivity index is 1.67. The number of anilines is 1. The Morgan fingerprint density at radius 1 is 1.00 bits per heavy atom. The second kappa shape index (κ2) is 6.82. The van der Waals surface area contributed by atoms with Crippen molar-refractivity contribution < 1.29 is 0 Å². The maximum Gasteiger partial charge on any atom is 0.220 e. The lowest BCUT2D eigenvalue weighted by molar-refractivity contribution is 0.243. The Bertz CT molecular complexity index is 878. The molecule has 25 heavy (non-hydrogen) atoms. The van der Waals surface area contributed by atoms with E-state index >= 15 is 0 Å². The maximum atomic E-state index is 6.02. The lowest BCUT2D eigenvalue weighted by Crippen LogP contribution is -2.31. The van der Waals surface area contributed by atoms with Crippen LogP contribution in [0.15, 0.2) is 54.6 Å². The van der Waals surface area contributed by atoms with E-state index in [1.807, 2.05) is 30.3 Å². The van der Waals surface area contributed by atoms with Gasteiger partial charge in [-0.2, -0.15) is 0 Å². The minimum absolute atomic E-state index is 0.334. The zero-order chi connectivity index (χ0) is 17.2. The van der Waals surface area contributed by atoms with Gasteiger partial charge in [0.15, 0.2) is 0 Å². The Labute approximate surface area is 152 Å². The second-order valence-electron chi connectivity index (χ2n) is 6.31. The van der Waals surface area contributed by atoms with Gasteiger partial charge in [-0.05, 0) is 17.7 Å². The van der Waals surface area contributed by atoms with E-state index in [9.17, 15) is 0 Å². The molecule has 0 saturated heterocycles. The maximum absolute atomic E-state index is 6.02. The molecule has 0 saturated carbocycles. The zero-order valence-electron chi connectivity index (χ0n) is 13.8. The fraction of sp³-hybridized carbons (Fsp3) is 0.200. The van der Waals surface area contributed by atoms with Crippen molar-refractivity contribution in [2.75, 3.05) is 12.3 Å². The summed E-state index contributed by atoms with van der Waals surface area (Å²) in [6.07, 6.45) is 0.884. The Kier molecular flexibility index (Phi) is 4.38. The Morgan fingerprint density at radius 3 is 2.52 bits per heavy atom. The molecular formula is C20H19ClN4. The van der Waals surface area contributed by atoms with Gasteiger partial charge >= 0.3 is 0 Å². The molecule has 0 spiro atoms. The lowest BCUT2D eigenvalue weighted by Gasteiger charge is -2.29. The highest BCUT2D eigenvalue weighted by Crippen LogP contribution is 2.30. The van der Waals surface area contributed by atoms with Crippen molar-refractivity contribution in [3.8, 4) is 11.3 Å². The molecule has 5 heteroatoms. The van der Waals surface area contributed by atoms with E-state index in [0.29, 0.717) is 11.0 Å². The number of nitrogens with zero attached hydrogens (tertiary/aromatic N) is 3. The molecule has 1 aromatic heterocycles. The standard InChI is InChI=1S/C20H19ClN4/c21-16-8-6-15(7-9-16)19-17-13-25(12-14-4-2-1-3-5-14)11-10-18(17)23-20(22)24-19/h1-9H,10-13H2,(H2,22,23,24). The minimum Gasteiger partial charge on any atom is -0.368 e. The molecule has 2 heterocycles. The van der Waals surface area contributed by atoms with Crippen LogP contribution in [0.2, 0.25) is 5.02 Å². The van der Waals surface area contributed by atoms with Crippen LogP contribution in [-0.4, -0.2) is 21.4 Å². The SMILES string of the molecule is Nc1nc2c(c(-c3ccc(Cl)cc3)n1)CN(Cc1ccccc1)CC2. The van der Waals surface area contributed by atoms with E-state index in [4.69, 9.17) is 17.3 Å². The highest BCUT2D eigenvalue weighted by atomic mass is 35.5. The third kappa shape index (κ3) is 3.50. The molecule has 4 rings (SSSR count). The largest absolute Gasteiger partial charge is 0.368 e. The topological polar surface area (TPSA) is 55.0 Å². The summed E-state index contributed by atoms with van der Waals surface area (Å²) in [4.78, 5) is 11.4. The van der Waals surface area contributed by atoms with Crippen LogP contribution in [0.5, 0.6) is 0 Å². The number of benzene rings is 2. The van der Waals surface area contributed by atoms with Crippen molar-refractivity contribution >= 4 is 17.5 Å². The molecule has 3 aromatic rings. The fourth-order valence-electron chi connectivity index (χ4n) is 3.31. The number of halogens is 1. The van der Waals surface area contributed by atoms with Crippen LogP contribution in [0.25, 0.3) is 11.3 Å². The van der Waals surface area contributed by atoms with Gasteiger partial charge < -0.3 is 5.73 Å². The van der Waals surface area contributed by atoms with E-state index < -0.39 is 0 Å². The van der Waals surface area contributed by atoms with Gasteiger partial charge in [-0.15, -0.1) is 0 Å². The molecule has 0 radical (unpaired) electrons. The molecule has 0 unspecified atom stereocenters. The summed E-state index contributed by atoms with van der Waals surface area (Å²) in [6, 6.07) is 18.3. The third-order valence-corrected chi connectivity index (χ3v) is 4.78.